The highest BCUT2D eigenvalue weighted by molar-refractivity contribution is 5.68. The second kappa shape index (κ2) is 9.91. The van der Waals surface area contributed by atoms with Gasteiger partial charge in [0.25, 0.3) is 0 Å². The lowest BCUT2D eigenvalue weighted by Crippen LogP contribution is -1.93. The first-order valence-electron chi connectivity index (χ1n) is 7.08. The zero-order chi connectivity index (χ0) is 17.9. The summed E-state index contributed by atoms with van der Waals surface area (Å²) in [7, 11) is 5.15. The Labute approximate surface area is 141 Å². The number of carbonyl (C=O) groups is 1. The molecule has 0 saturated heterocycles. The van der Waals surface area contributed by atoms with Crippen molar-refractivity contribution in [1.29, 1.82) is 0 Å². The molecule has 0 amide bonds. The van der Waals surface area contributed by atoms with Gasteiger partial charge >= 0.3 is 0 Å². The van der Waals surface area contributed by atoms with Crippen molar-refractivity contribution < 1.29 is 14.6 Å². The molecule has 0 spiro atoms. The summed E-state index contributed by atoms with van der Waals surface area (Å²) < 4.78 is 6.08. The van der Waals surface area contributed by atoms with Gasteiger partial charge in [0.15, 0.2) is 0 Å². The van der Waals surface area contributed by atoms with Crippen LogP contribution in [0, 0.1) is 0 Å². The molecule has 0 bridgehead atoms. The van der Waals surface area contributed by atoms with E-state index >= 15 is 0 Å². The molecule has 1 N–H and O–H groups in total. The number of pyridine rings is 1. The SMILES string of the molecule is C=O.COC.Cn1nc(-c2cccnc2)cc1-c1ccc(O)cc1. The molecule has 3 aromatic rings. The molecule has 126 valence electrons. The van der Waals surface area contributed by atoms with Crippen LogP contribution >= 0.6 is 0 Å². The van der Waals surface area contributed by atoms with E-state index in [4.69, 9.17) is 4.79 Å². The van der Waals surface area contributed by atoms with Gasteiger partial charge in [0, 0.05) is 44.8 Å². The standard InChI is InChI=1S/C15H13N3O.C2H6O.CH2O/c1-18-15(11-4-6-13(19)7-5-11)9-14(17-18)12-3-2-8-16-10-12;1-3-2;1-2/h2-10,19H,1H3;1-2H3;1H2. The topological polar surface area (TPSA) is 77.2 Å². The molecule has 2 heterocycles. The van der Waals surface area contributed by atoms with Crippen LogP contribution in [0.5, 0.6) is 5.75 Å². The summed E-state index contributed by atoms with van der Waals surface area (Å²) in [5, 5.41) is 13.8. The van der Waals surface area contributed by atoms with Crippen LogP contribution in [0.2, 0.25) is 0 Å². The van der Waals surface area contributed by atoms with E-state index in [0.717, 1.165) is 22.5 Å². The number of carbonyl (C=O) groups excluding carboxylic acids is 1. The third-order valence-corrected chi connectivity index (χ3v) is 3.00. The molecule has 0 aliphatic heterocycles. The summed E-state index contributed by atoms with van der Waals surface area (Å²) in [5.74, 6) is 0.262. The maximum atomic E-state index is 9.33. The van der Waals surface area contributed by atoms with Gasteiger partial charge in [0.2, 0.25) is 0 Å². The number of aryl methyl sites for hydroxylation is 1. The second-order valence-corrected chi connectivity index (χ2v) is 4.74. The molecule has 0 saturated carbocycles. The Kier molecular flexibility index (Phi) is 7.87. The quantitative estimate of drug-likeness (QED) is 0.783. The Bertz CT molecular complexity index is 725. The highest BCUT2D eigenvalue weighted by Crippen LogP contribution is 2.26. The molecule has 0 atom stereocenters. The maximum absolute atomic E-state index is 9.33. The number of benzene rings is 1. The van der Waals surface area contributed by atoms with E-state index in [0.29, 0.717) is 0 Å². The molecule has 1 aromatic carbocycles. The molecule has 0 radical (unpaired) electrons. The van der Waals surface area contributed by atoms with Crippen LogP contribution in [0.4, 0.5) is 0 Å². The molecule has 6 heteroatoms. The molecule has 24 heavy (non-hydrogen) atoms. The minimum Gasteiger partial charge on any atom is -0.508 e. The van der Waals surface area contributed by atoms with E-state index in [1.54, 1.807) is 38.7 Å². The third-order valence-electron chi connectivity index (χ3n) is 3.00. The fourth-order valence-electron chi connectivity index (χ4n) is 2.02. The summed E-state index contributed by atoms with van der Waals surface area (Å²) in [6.07, 6.45) is 3.54. The number of aromatic nitrogens is 3. The Hall–Kier alpha value is -2.99. The first kappa shape index (κ1) is 19.1. The predicted molar refractivity (Wildman–Crippen MR) is 93.6 cm³/mol. The Morgan fingerprint density at radius 2 is 1.71 bits per heavy atom. The summed E-state index contributed by atoms with van der Waals surface area (Å²) in [6, 6.07) is 13.0. The molecule has 6 nitrogen and oxygen atoms in total. The van der Waals surface area contributed by atoms with Crippen LogP contribution < -0.4 is 0 Å². The smallest absolute Gasteiger partial charge is 0.115 e. The fourth-order valence-corrected chi connectivity index (χ4v) is 2.02. The van der Waals surface area contributed by atoms with Gasteiger partial charge in [-0.05, 0) is 42.5 Å². The number of phenols is 1. The normalized spacial score (nSPS) is 9.29. The van der Waals surface area contributed by atoms with Gasteiger partial charge in [-0.15, -0.1) is 0 Å². The molecule has 0 fully saturated rings. The van der Waals surface area contributed by atoms with E-state index in [2.05, 4.69) is 14.8 Å². The number of hydrogen-bond donors (Lipinski definition) is 1. The van der Waals surface area contributed by atoms with Gasteiger partial charge < -0.3 is 14.6 Å². The van der Waals surface area contributed by atoms with Crippen LogP contribution in [-0.2, 0) is 16.6 Å². The minimum atomic E-state index is 0.262. The minimum absolute atomic E-state index is 0.262. The lowest BCUT2D eigenvalue weighted by molar-refractivity contribution is -0.0979. The van der Waals surface area contributed by atoms with Gasteiger partial charge in [0.1, 0.15) is 12.5 Å². The number of aromatic hydroxyl groups is 1. The van der Waals surface area contributed by atoms with Crippen LogP contribution in [0.25, 0.3) is 22.5 Å². The average Bonchev–Trinajstić information content (AvgIpc) is 3.01. The maximum Gasteiger partial charge on any atom is 0.115 e. The summed E-state index contributed by atoms with van der Waals surface area (Å²) in [4.78, 5) is 12.1. The van der Waals surface area contributed by atoms with Gasteiger partial charge in [-0.3, -0.25) is 9.67 Å². The average molecular weight is 327 g/mol. The van der Waals surface area contributed by atoms with Gasteiger partial charge in [-0.25, -0.2) is 0 Å². The van der Waals surface area contributed by atoms with E-state index in [1.165, 1.54) is 0 Å². The van der Waals surface area contributed by atoms with Crippen molar-refractivity contribution in [3.63, 3.8) is 0 Å². The fraction of sp³-hybridized carbons (Fsp3) is 0.167. The molecule has 2 aromatic heterocycles. The molecular weight excluding hydrogens is 306 g/mol. The first-order chi connectivity index (χ1) is 11.7. The third kappa shape index (κ3) is 5.03. The van der Waals surface area contributed by atoms with Gasteiger partial charge in [-0.2, -0.15) is 5.10 Å². The van der Waals surface area contributed by atoms with Gasteiger partial charge in [-0.1, -0.05) is 0 Å². The monoisotopic (exact) mass is 327 g/mol. The summed E-state index contributed by atoms with van der Waals surface area (Å²) >= 11 is 0. The van der Waals surface area contributed by atoms with E-state index < -0.39 is 0 Å². The van der Waals surface area contributed by atoms with E-state index in [9.17, 15) is 5.11 Å². The largest absolute Gasteiger partial charge is 0.508 e. The zero-order valence-corrected chi connectivity index (χ0v) is 14.0. The van der Waals surface area contributed by atoms with Crippen LogP contribution in [0.15, 0.2) is 54.9 Å². The molecular formula is C18H21N3O3. The van der Waals surface area contributed by atoms with Crippen molar-refractivity contribution in [2.24, 2.45) is 7.05 Å². The van der Waals surface area contributed by atoms with Crippen molar-refractivity contribution in [3.8, 4) is 28.3 Å². The molecule has 0 unspecified atom stereocenters. The zero-order valence-electron chi connectivity index (χ0n) is 14.0. The number of nitrogens with zero attached hydrogens (tertiary/aromatic N) is 3. The number of rotatable bonds is 2. The van der Waals surface area contributed by atoms with Crippen LogP contribution in [0.1, 0.15) is 0 Å². The molecule has 3 rings (SSSR count). The van der Waals surface area contributed by atoms with E-state index in [1.807, 2.05) is 48.9 Å². The summed E-state index contributed by atoms with van der Waals surface area (Å²) in [5.41, 5.74) is 3.89. The predicted octanol–water partition coefficient (Wildman–Crippen LogP) is 2.93. The highest BCUT2D eigenvalue weighted by atomic mass is 16.4. The first-order valence-corrected chi connectivity index (χ1v) is 7.08. The lowest BCUT2D eigenvalue weighted by atomic mass is 10.1. The van der Waals surface area contributed by atoms with Crippen molar-refractivity contribution >= 4 is 6.79 Å². The number of methoxy groups -OCH3 is 1. The van der Waals surface area contributed by atoms with Crippen LogP contribution in [-0.4, -0.2) is 40.9 Å². The number of phenolic OH excluding ortho intramolecular Hbond substituents is 1. The highest BCUT2D eigenvalue weighted by Gasteiger charge is 2.09. The van der Waals surface area contributed by atoms with Crippen molar-refractivity contribution in [1.82, 2.24) is 14.8 Å². The van der Waals surface area contributed by atoms with Crippen LogP contribution in [0.3, 0.4) is 0 Å². The Morgan fingerprint density at radius 1 is 1.08 bits per heavy atom. The Morgan fingerprint density at radius 3 is 2.25 bits per heavy atom. The summed E-state index contributed by atoms with van der Waals surface area (Å²) in [6.45, 7) is 2.00. The number of ether oxygens (including phenoxy) is 1. The lowest BCUT2D eigenvalue weighted by Gasteiger charge is -2.01. The molecule has 0 aliphatic rings. The van der Waals surface area contributed by atoms with Gasteiger partial charge in [0.05, 0.1) is 11.4 Å². The van der Waals surface area contributed by atoms with Crippen molar-refractivity contribution in [2.45, 2.75) is 0 Å². The second-order valence-electron chi connectivity index (χ2n) is 4.74. The molecule has 0 aliphatic carbocycles. The Balaban J connectivity index is 0.000000521. The van der Waals surface area contributed by atoms with Crippen molar-refractivity contribution in [2.75, 3.05) is 14.2 Å². The number of hydrogen-bond acceptors (Lipinski definition) is 5. The van der Waals surface area contributed by atoms with E-state index in [-0.39, 0.29) is 5.75 Å². The van der Waals surface area contributed by atoms with Crippen molar-refractivity contribution in [3.05, 3.63) is 54.9 Å².